The number of nitrogens with zero attached hydrogens (tertiary/aromatic N) is 3. The van der Waals surface area contributed by atoms with Crippen LogP contribution in [-0.4, -0.2) is 39.5 Å². The van der Waals surface area contributed by atoms with Gasteiger partial charge in [-0.15, -0.1) is 0 Å². The fourth-order valence-corrected chi connectivity index (χ4v) is 4.26. The second-order valence-corrected chi connectivity index (χ2v) is 9.18. The van der Waals surface area contributed by atoms with Crippen molar-refractivity contribution < 1.29 is 4.79 Å². The van der Waals surface area contributed by atoms with E-state index in [1.54, 1.807) is 28.6 Å². The first kappa shape index (κ1) is 20.8. The molecule has 8 heteroatoms. The number of benzene rings is 1. The average Bonchev–Trinajstić information content (AvgIpc) is 3.57. The number of likely N-dealkylation sites (tertiary alicyclic amines) is 1. The van der Waals surface area contributed by atoms with Gasteiger partial charge in [-0.1, -0.05) is 11.6 Å². The van der Waals surface area contributed by atoms with Crippen LogP contribution in [0.3, 0.4) is 0 Å². The molecule has 0 unspecified atom stereocenters. The van der Waals surface area contributed by atoms with E-state index in [-0.39, 0.29) is 11.5 Å². The highest BCUT2D eigenvalue weighted by Gasteiger charge is 2.28. The molecule has 2 fully saturated rings. The van der Waals surface area contributed by atoms with Gasteiger partial charge < -0.3 is 20.1 Å². The summed E-state index contributed by atoms with van der Waals surface area (Å²) in [6, 6.07) is 9.50. The molecule has 0 bridgehead atoms. The van der Waals surface area contributed by atoms with E-state index >= 15 is 0 Å². The number of aromatic nitrogens is 2. The molecular weight excluding hydrogens is 426 g/mol. The summed E-state index contributed by atoms with van der Waals surface area (Å²) in [7, 11) is 1.78. The largest absolute Gasteiger partial charge is 0.382 e. The maximum Gasteiger partial charge on any atom is 0.272 e. The first-order valence-corrected chi connectivity index (χ1v) is 11.4. The third-order valence-corrected chi connectivity index (χ3v) is 6.76. The van der Waals surface area contributed by atoms with Gasteiger partial charge in [0.05, 0.1) is 16.2 Å². The van der Waals surface area contributed by atoms with Crippen molar-refractivity contribution in [3.63, 3.8) is 0 Å². The zero-order chi connectivity index (χ0) is 22.4. The molecule has 5 rings (SSSR count). The molecule has 2 N–H and O–H groups in total. The van der Waals surface area contributed by atoms with Crippen molar-refractivity contribution in [1.82, 2.24) is 14.5 Å². The lowest BCUT2D eigenvalue weighted by Gasteiger charge is -2.30. The average molecular weight is 452 g/mol. The van der Waals surface area contributed by atoms with Crippen LogP contribution in [0.25, 0.3) is 10.9 Å². The number of nitrogens with one attached hydrogen (secondary N) is 2. The van der Waals surface area contributed by atoms with Gasteiger partial charge in [0, 0.05) is 55.2 Å². The van der Waals surface area contributed by atoms with Gasteiger partial charge in [0.15, 0.2) is 0 Å². The fraction of sp³-hybridized carbons (Fsp3) is 0.375. The van der Waals surface area contributed by atoms with Crippen LogP contribution >= 0.6 is 11.6 Å². The van der Waals surface area contributed by atoms with Crippen LogP contribution in [0.15, 0.2) is 41.3 Å². The highest BCUT2D eigenvalue weighted by Crippen LogP contribution is 2.35. The number of aryl methyl sites for hydroxylation is 1. The smallest absolute Gasteiger partial charge is 0.272 e. The van der Waals surface area contributed by atoms with Crippen molar-refractivity contribution in [1.29, 1.82) is 0 Å². The van der Waals surface area contributed by atoms with Crippen molar-refractivity contribution in [3.8, 4) is 0 Å². The number of halogens is 1. The molecule has 1 aromatic carbocycles. The summed E-state index contributed by atoms with van der Waals surface area (Å²) < 4.78 is 1.65. The molecule has 3 aromatic rings. The minimum atomic E-state index is -0.0787. The third kappa shape index (κ3) is 3.93. The Hall–Kier alpha value is -3.06. The maximum absolute atomic E-state index is 12.5. The van der Waals surface area contributed by atoms with E-state index in [0.29, 0.717) is 28.4 Å². The summed E-state index contributed by atoms with van der Waals surface area (Å²) in [5, 5.41) is 8.25. The fourth-order valence-electron chi connectivity index (χ4n) is 4.11. The normalized spacial score (nSPS) is 16.5. The Morgan fingerprint density at radius 1 is 1.19 bits per heavy atom. The van der Waals surface area contributed by atoms with Crippen LogP contribution in [0, 0.1) is 5.92 Å². The Kier molecular flexibility index (Phi) is 5.29. The second kappa shape index (κ2) is 8.13. The molecule has 0 spiro atoms. The molecule has 1 saturated carbocycles. The summed E-state index contributed by atoms with van der Waals surface area (Å²) in [6.07, 6.45) is 4.98. The standard InChI is InChI=1S/C24H26ClN5O2/c1-14(15-4-5-15)27-19-12-23(31)29(2)22-7-6-16(10-17(19)22)28-20-11-21(26-13-18(20)25)24(32)30-8-3-9-30/h6-7,10-15,27H,3-5,8-9H2,1-2H3,(H,26,28)/t14-/m1/s1. The summed E-state index contributed by atoms with van der Waals surface area (Å²) in [5.74, 6) is 0.582. The monoisotopic (exact) mass is 451 g/mol. The second-order valence-electron chi connectivity index (χ2n) is 8.78. The Morgan fingerprint density at radius 3 is 2.66 bits per heavy atom. The van der Waals surface area contributed by atoms with E-state index in [0.717, 1.165) is 41.8 Å². The van der Waals surface area contributed by atoms with Gasteiger partial charge in [-0.2, -0.15) is 0 Å². The molecule has 2 aliphatic rings. The number of carbonyl (C=O) groups is 1. The molecule has 1 aliphatic carbocycles. The highest BCUT2D eigenvalue weighted by atomic mass is 35.5. The molecule has 1 aliphatic heterocycles. The SMILES string of the molecule is C[C@@H](Nc1cc(=O)n(C)c2ccc(Nc3cc(C(=O)N4CCC4)ncc3Cl)cc12)C1CC1. The summed E-state index contributed by atoms with van der Waals surface area (Å²) >= 11 is 6.38. The number of amides is 1. The minimum Gasteiger partial charge on any atom is -0.382 e. The molecular formula is C24H26ClN5O2. The van der Waals surface area contributed by atoms with Gasteiger partial charge in [-0.05, 0) is 56.4 Å². The quantitative estimate of drug-likeness (QED) is 0.581. The van der Waals surface area contributed by atoms with Crippen LogP contribution in [0.4, 0.5) is 17.1 Å². The van der Waals surface area contributed by atoms with E-state index in [9.17, 15) is 9.59 Å². The van der Waals surface area contributed by atoms with Crippen LogP contribution in [0.5, 0.6) is 0 Å². The van der Waals surface area contributed by atoms with E-state index < -0.39 is 0 Å². The predicted molar refractivity (Wildman–Crippen MR) is 128 cm³/mol. The highest BCUT2D eigenvalue weighted by molar-refractivity contribution is 6.33. The topological polar surface area (TPSA) is 79.3 Å². The van der Waals surface area contributed by atoms with Crippen molar-refractivity contribution in [2.75, 3.05) is 23.7 Å². The third-order valence-electron chi connectivity index (χ3n) is 6.46. The first-order chi connectivity index (χ1) is 15.4. The molecule has 1 saturated heterocycles. The summed E-state index contributed by atoms with van der Waals surface area (Å²) in [6.45, 7) is 3.70. The van der Waals surface area contributed by atoms with Crippen molar-refractivity contribution in [2.45, 2.75) is 32.2 Å². The van der Waals surface area contributed by atoms with Crippen molar-refractivity contribution >= 4 is 45.5 Å². The maximum atomic E-state index is 12.5. The Balaban J connectivity index is 1.49. The predicted octanol–water partition coefficient (Wildman–Crippen LogP) is 4.39. The van der Waals surface area contributed by atoms with Crippen LogP contribution in [0.2, 0.25) is 5.02 Å². The van der Waals surface area contributed by atoms with E-state index in [2.05, 4.69) is 22.5 Å². The number of carbonyl (C=O) groups excluding carboxylic acids is 1. The Bertz CT molecular complexity index is 1260. The molecule has 1 amide bonds. The number of anilines is 3. The van der Waals surface area contributed by atoms with Gasteiger partial charge in [-0.3, -0.25) is 9.59 Å². The number of pyridine rings is 2. The Labute approximate surface area is 191 Å². The lowest BCUT2D eigenvalue weighted by Crippen LogP contribution is -2.42. The number of hydrogen-bond acceptors (Lipinski definition) is 5. The zero-order valence-electron chi connectivity index (χ0n) is 18.2. The van der Waals surface area contributed by atoms with E-state index in [1.807, 2.05) is 18.2 Å². The van der Waals surface area contributed by atoms with Crippen LogP contribution < -0.4 is 16.2 Å². The number of hydrogen-bond donors (Lipinski definition) is 2. The van der Waals surface area contributed by atoms with Gasteiger partial charge in [0.25, 0.3) is 11.5 Å². The first-order valence-electron chi connectivity index (χ1n) is 11.0. The Morgan fingerprint density at radius 2 is 1.97 bits per heavy atom. The number of rotatable bonds is 6. The molecule has 166 valence electrons. The van der Waals surface area contributed by atoms with Gasteiger partial charge in [0.1, 0.15) is 5.69 Å². The van der Waals surface area contributed by atoms with Crippen LogP contribution in [-0.2, 0) is 7.05 Å². The molecule has 2 aromatic heterocycles. The summed E-state index contributed by atoms with van der Waals surface area (Å²) in [5.41, 5.74) is 3.45. The van der Waals surface area contributed by atoms with E-state index in [4.69, 9.17) is 11.6 Å². The minimum absolute atomic E-state index is 0.0463. The molecule has 32 heavy (non-hydrogen) atoms. The van der Waals surface area contributed by atoms with Crippen molar-refractivity contribution in [3.05, 3.63) is 57.6 Å². The summed E-state index contributed by atoms with van der Waals surface area (Å²) in [4.78, 5) is 31.0. The van der Waals surface area contributed by atoms with Gasteiger partial charge in [0.2, 0.25) is 0 Å². The van der Waals surface area contributed by atoms with E-state index in [1.165, 1.54) is 19.0 Å². The van der Waals surface area contributed by atoms with Gasteiger partial charge in [-0.25, -0.2) is 4.98 Å². The molecule has 3 heterocycles. The molecule has 1 atom stereocenters. The lowest BCUT2D eigenvalue weighted by atomic mass is 10.1. The number of fused-ring (bicyclic) bond motifs is 1. The molecule has 0 radical (unpaired) electrons. The van der Waals surface area contributed by atoms with Gasteiger partial charge >= 0.3 is 0 Å². The molecule has 7 nitrogen and oxygen atoms in total. The zero-order valence-corrected chi connectivity index (χ0v) is 18.9. The lowest BCUT2D eigenvalue weighted by molar-refractivity contribution is 0.0646. The van der Waals surface area contributed by atoms with Crippen molar-refractivity contribution in [2.24, 2.45) is 13.0 Å². The van der Waals surface area contributed by atoms with Crippen LogP contribution in [0.1, 0.15) is 36.7 Å².